The Kier molecular flexibility index (Phi) is 3.72. The van der Waals surface area contributed by atoms with E-state index in [1.807, 2.05) is 0 Å². The second-order valence-corrected chi connectivity index (χ2v) is 4.78. The molecular weight excluding hydrogens is 297 g/mol. The third kappa shape index (κ3) is 3.04. The molecule has 0 spiro atoms. The van der Waals surface area contributed by atoms with Gasteiger partial charge in [-0.1, -0.05) is 11.6 Å². The maximum Gasteiger partial charge on any atom is 0.345 e. The van der Waals surface area contributed by atoms with Gasteiger partial charge in [-0.3, -0.25) is 20.2 Å². The Morgan fingerprint density at radius 2 is 2.26 bits per heavy atom. The normalized spacial score (nSPS) is 10.2. The van der Waals surface area contributed by atoms with E-state index in [1.54, 1.807) is 0 Å². The van der Waals surface area contributed by atoms with Crippen LogP contribution in [0.2, 0.25) is 5.02 Å². The lowest BCUT2D eigenvalue weighted by Crippen LogP contribution is -2.13. The van der Waals surface area contributed by atoms with E-state index in [4.69, 9.17) is 11.6 Å². The zero-order chi connectivity index (χ0) is 14.0. The summed E-state index contributed by atoms with van der Waals surface area (Å²) >= 11 is 6.34. The fourth-order valence-corrected chi connectivity index (χ4v) is 2.04. The molecule has 1 amide bonds. The summed E-state index contributed by atoms with van der Waals surface area (Å²) in [6, 6.07) is 3.53. The lowest BCUT2D eigenvalue weighted by Gasteiger charge is -2.03. The molecular formula is C10H5ClFN3O3S. The van der Waals surface area contributed by atoms with Gasteiger partial charge in [-0.25, -0.2) is 9.37 Å². The minimum absolute atomic E-state index is 0.0103. The third-order valence-electron chi connectivity index (χ3n) is 2.07. The largest absolute Gasteiger partial charge is 0.345 e. The number of benzene rings is 1. The van der Waals surface area contributed by atoms with Gasteiger partial charge in [-0.05, 0) is 29.5 Å². The van der Waals surface area contributed by atoms with Crippen molar-refractivity contribution in [2.45, 2.75) is 0 Å². The number of carbonyl (C=O) groups is 1. The minimum Gasteiger partial charge on any atom is -0.298 e. The highest BCUT2D eigenvalue weighted by Crippen LogP contribution is 2.25. The highest BCUT2D eigenvalue weighted by Gasteiger charge is 2.16. The van der Waals surface area contributed by atoms with Gasteiger partial charge in [0.05, 0.1) is 10.5 Å². The van der Waals surface area contributed by atoms with Crippen molar-refractivity contribution in [1.82, 2.24) is 4.98 Å². The van der Waals surface area contributed by atoms with Gasteiger partial charge >= 0.3 is 5.00 Å². The van der Waals surface area contributed by atoms with E-state index in [9.17, 15) is 19.3 Å². The van der Waals surface area contributed by atoms with Gasteiger partial charge in [0.2, 0.25) is 0 Å². The number of nitrogens with one attached hydrogen (secondary N) is 1. The van der Waals surface area contributed by atoms with E-state index in [0.29, 0.717) is 11.3 Å². The molecule has 1 aromatic heterocycles. The number of nitrogens with zero attached hydrogens (tertiary/aromatic N) is 2. The lowest BCUT2D eigenvalue weighted by atomic mass is 10.2. The Bertz CT molecular complexity index is 661. The van der Waals surface area contributed by atoms with E-state index in [1.165, 1.54) is 6.07 Å². The summed E-state index contributed by atoms with van der Waals surface area (Å²) in [4.78, 5) is 25.2. The average Bonchev–Trinajstić information content (AvgIpc) is 2.80. The maximum atomic E-state index is 13.4. The fourth-order valence-electron chi connectivity index (χ4n) is 1.24. The Labute approximate surface area is 115 Å². The molecule has 98 valence electrons. The topological polar surface area (TPSA) is 85.1 Å². The number of rotatable bonds is 3. The molecule has 0 bridgehead atoms. The van der Waals surface area contributed by atoms with Crippen LogP contribution in [0.1, 0.15) is 10.4 Å². The molecule has 0 saturated carbocycles. The monoisotopic (exact) mass is 301 g/mol. The molecule has 0 aliphatic rings. The van der Waals surface area contributed by atoms with Crippen LogP contribution in [0.25, 0.3) is 0 Å². The molecule has 0 unspecified atom stereocenters. The van der Waals surface area contributed by atoms with Crippen molar-refractivity contribution in [1.29, 1.82) is 0 Å². The molecule has 2 aromatic rings. The Hall–Kier alpha value is -2.06. The van der Waals surface area contributed by atoms with E-state index in [0.717, 1.165) is 18.3 Å². The second kappa shape index (κ2) is 5.29. The molecule has 1 N–H and O–H groups in total. The lowest BCUT2D eigenvalue weighted by molar-refractivity contribution is -0.380. The number of amides is 1. The summed E-state index contributed by atoms with van der Waals surface area (Å²) in [6.07, 6.45) is 1.01. The van der Waals surface area contributed by atoms with E-state index in [-0.39, 0.29) is 20.7 Å². The SMILES string of the molecule is O=C(Nc1ncc([N+](=O)[O-])s1)c1cc(Cl)ccc1F. The number of thiazole rings is 1. The van der Waals surface area contributed by atoms with Gasteiger partial charge in [0.15, 0.2) is 5.13 Å². The van der Waals surface area contributed by atoms with Gasteiger partial charge in [0, 0.05) is 5.02 Å². The van der Waals surface area contributed by atoms with E-state index in [2.05, 4.69) is 10.3 Å². The van der Waals surface area contributed by atoms with Gasteiger partial charge in [0.25, 0.3) is 5.91 Å². The average molecular weight is 302 g/mol. The number of hydrogen-bond acceptors (Lipinski definition) is 5. The first kappa shape index (κ1) is 13.4. The second-order valence-electron chi connectivity index (χ2n) is 3.34. The predicted molar refractivity (Wildman–Crippen MR) is 68.1 cm³/mol. The first-order chi connectivity index (χ1) is 8.97. The number of halogens is 2. The number of carbonyl (C=O) groups excluding carboxylic acids is 1. The summed E-state index contributed by atoms with van der Waals surface area (Å²) in [7, 11) is 0. The molecule has 19 heavy (non-hydrogen) atoms. The van der Waals surface area contributed by atoms with Crippen LogP contribution < -0.4 is 5.32 Å². The van der Waals surface area contributed by atoms with Crippen molar-refractivity contribution < 1.29 is 14.1 Å². The Balaban J connectivity index is 2.20. The molecule has 0 fully saturated rings. The fraction of sp³-hybridized carbons (Fsp3) is 0. The van der Waals surface area contributed by atoms with Crippen molar-refractivity contribution >= 4 is 39.0 Å². The Morgan fingerprint density at radius 3 is 2.89 bits per heavy atom. The smallest absolute Gasteiger partial charge is 0.298 e. The van der Waals surface area contributed by atoms with Gasteiger partial charge in [-0.2, -0.15) is 0 Å². The molecule has 0 aliphatic heterocycles. The highest BCUT2D eigenvalue weighted by molar-refractivity contribution is 7.18. The Morgan fingerprint density at radius 1 is 1.53 bits per heavy atom. The van der Waals surface area contributed by atoms with Crippen molar-refractivity contribution in [2.75, 3.05) is 5.32 Å². The zero-order valence-corrected chi connectivity index (χ0v) is 10.7. The molecule has 0 atom stereocenters. The standard InChI is InChI=1S/C10H5ClFN3O3S/c11-5-1-2-7(12)6(3-5)9(16)14-10-13-4-8(19-10)15(17)18/h1-4H,(H,13,14,16). The first-order valence-electron chi connectivity index (χ1n) is 4.84. The van der Waals surface area contributed by atoms with Crippen LogP contribution in [0.3, 0.4) is 0 Å². The van der Waals surface area contributed by atoms with Crippen LogP contribution in [0.4, 0.5) is 14.5 Å². The van der Waals surface area contributed by atoms with Gasteiger partial charge < -0.3 is 0 Å². The van der Waals surface area contributed by atoms with Crippen LogP contribution in [-0.4, -0.2) is 15.8 Å². The maximum absolute atomic E-state index is 13.4. The molecule has 1 heterocycles. The molecule has 2 rings (SSSR count). The van der Waals surface area contributed by atoms with Crippen LogP contribution >= 0.6 is 22.9 Å². The molecule has 9 heteroatoms. The van der Waals surface area contributed by atoms with Crippen LogP contribution in [-0.2, 0) is 0 Å². The summed E-state index contributed by atoms with van der Waals surface area (Å²) in [5, 5.41) is 12.7. The number of anilines is 1. The van der Waals surface area contributed by atoms with Crippen LogP contribution in [0.5, 0.6) is 0 Å². The van der Waals surface area contributed by atoms with E-state index >= 15 is 0 Å². The first-order valence-corrected chi connectivity index (χ1v) is 6.03. The van der Waals surface area contributed by atoms with Crippen LogP contribution in [0.15, 0.2) is 24.4 Å². The summed E-state index contributed by atoms with van der Waals surface area (Å²) < 4.78 is 13.4. The molecule has 0 saturated heterocycles. The zero-order valence-electron chi connectivity index (χ0n) is 9.09. The molecule has 0 aliphatic carbocycles. The number of nitro groups is 1. The van der Waals surface area contributed by atoms with E-state index < -0.39 is 16.6 Å². The van der Waals surface area contributed by atoms with Crippen molar-refractivity contribution in [3.8, 4) is 0 Å². The van der Waals surface area contributed by atoms with Crippen molar-refractivity contribution in [3.05, 3.63) is 50.9 Å². The minimum atomic E-state index is -0.774. The van der Waals surface area contributed by atoms with Gasteiger partial charge in [0.1, 0.15) is 12.0 Å². The summed E-state index contributed by atoms with van der Waals surface area (Å²) in [6.45, 7) is 0. The third-order valence-corrected chi connectivity index (χ3v) is 3.17. The highest BCUT2D eigenvalue weighted by atomic mass is 35.5. The molecule has 6 nitrogen and oxygen atoms in total. The molecule has 0 radical (unpaired) electrons. The predicted octanol–water partition coefficient (Wildman–Crippen LogP) is 3.10. The number of aromatic nitrogens is 1. The number of hydrogen-bond donors (Lipinski definition) is 1. The van der Waals surface area contributed by atoms with Crippen molar-refractivity contribution in [2.24, 2.45) is 0 Å². The van der Waals surface area contributed by atoms with Crippen molar-refractivity contribution in [3.63, 3.8) is 0 Å². The summed E-state index contributed by atoms with van der Waals surface area (Å²) in [5.74, 6) is -1.52. The van der Waals surface area contributed by atoms with Gasteiger partial charge in [-0.15, -0.1) is 0 Å². The van der Waals surface area contributed by atoms with Crippen LogP contribution in [0, 0.1) is 15.9 Å². The summed E-state index contributed by atoms with van der Waals surface area (Å²) in [5.41, 5.74) is -0.259. The quantitative estimate of drug-likeness (QED) is 0.697. The molecule has 1 aromatic carbocycles.